The van der Waals surface area contributed by atoms with E-state index in [1.54, 1.807) is 18.2 Å². The molecule has 1 aliphatic heterocycles. The van der Waals surface area contributed by atoms with Crippen molar-refractivity contribution >= 4 is 17.3 Å². The molecule has 0 aromatic heterocycles. The molecule has 1 aliphatic rings. The van der Waals surface area contributed by atoms with Crippen molar-refractivity contribution in [3.8, 4) is 11.5 Å². The number of aryl methyl sites for hydroxylation is 1. The molecule has 0 saturated carbocycles. The van der Waals surface area contributed by atoms with Gasteiger partial charge in [-0.2, -0.15) is 0 Å². The average Bonchev–Trinajstić information content (AvgIpc) is 3.12. The maximum atomic E-state index is 12.4. The Morgan fingerprint density at radius 1 is 1.16 bits per heavy atom. The smallest absolute Gasteiger partial charge is 0.296 e. The molecular formula is C24H22N2O5. The molecule has 7 nitrogen and oxygen atoms in total. The molecule has 0 bridgehead atoms. The Morgan fingerprint density at radius 2 is 1.94 bits per heavy atom. The molecule has 0 saturated heterocycles. The summed E-state index contributed by atoms with van der Waals surface area (Å²) in [5, 5.41) is 14.2. The minimum atomic E-state index is -0.536. The molecule has 3 aromatic rings. The number of benzene rings is 3. The van der Waals surface area contributed by atoms with Crippen molar-refractivity contribution in [2.24, 2.45) is 0 Å². The van der Waals surface area contributed by atoms with Crippen LogP contribution in [0.15, 0.2) is 60.7 Å². The maximum Gasteiger partial charge on any atom is 0.296 e. The molecule has 0 spiro atoms. The number of ether oxygens (including phenoxy) is 2. The maximum absolute atomic E-state index is 12.4. The number of nitro benzene ring substituents is 1. The van der Waals surface area contributed by atoms with Gasteiger partial charge in [0.05, 0.1) is 11.0 Å². The highest BCUT2D eigenvalue weighted by molar-refractivity contribution is 6.05. The number of nitrogens with one attached hydrogen (secondary N) is 1. The monoisotopic (exact) mass is 418 g/mol. The average molecular weight is 418 g/mol. The van der Waals surface area contributed by atoms with Crippen LogP contribution in [0.2, 0.25) is 0 Å². The zero-order chi connectivity index (χ0) is 22.0. The number of carbonyl (C=O) groups excluding carboxylic acids is 1. The van der Waals surface area contributed by atoms with E-state index in [-0.39, 0.29) is 24.1 Å². The van der Waals surface area contributed by atoms with E-state index >= 15 is 0 Å². The number of rotatable bonds is 6. The second kappa shape index (κ2) is 8.47. The number of nitrogens with zero attached hydrogens (tertiary/aromatic N) is 1. The van der Waals surface area contributed by atoms with Crippen LogP contribution in [-0.4, -0.2) is 16.9 Å². The van der Waals surface area contributed by atoms with Crippen molar-refractivity contribution in [2.75, 3.05) is 5.32 Å². The molecule has 1 atom stereocenters. The highest BCUT2D eigenvalue weighted by Gasteiger charge is 2.20. The Labute approximate surface area is 179 Å². The second-order valence-electron chi connectivity index (χ2n) is 7.62. The molecule has 1 amide bonds. The van der Waals surface area contributed by atoms with Crippen LogP contribution < -0.4 is 14.8 Å². The Bertz CT molecular complexity index is 1140. The summed E-state index contributed by atoms with van der Waals surface area (Å²) < 4.78 is 11.5. The Hall–Kier alpha value is -3.87. The molecule has 1 heterocycles. The standard InChI is InChI=1S/C24H22N2O5/c1-15-3-6-18(7-4-15)24(27)25-21-9-8-20(13-22(21)26(28)29)30-14-17-5-10-23-19(12-17)11-16(2)31-23/h3-10,12-13,16H,11,14H2,1-2H3,(H,25,27)/t16-/m0/s1. The van der Waals surface area contributed by atoms with E-state index in [1.165, 1.54) is 12.1 Å². The lowest BCUT2D eigenvalue weighted by atomic mass is 10.1. The van der Waals surface area contributed by atoms with E-state index in [0.29, 0.717) is 11.3 Å². The third-order valence-corrected chi connectivity index (χ3v) is 5.09. The van der Waals surface area contributed by atoms with Crippen LogP contribution in [0.5, 0.6) is 11.5 Å². The molecule has 0 fully saturated rings. The van der Waals surface area contributed by atoms with E-state index in [4.69, 9.17) is 9.47 Å². The van der Waals surface area contributed by atoms with Crippen molar-refractivity contribution in [2.45, 2.75) is 33.0 Å². The first-order valence-corrected chi connectivity index (χ1v) is 9.97. The number of anilines is 1. The van der Waals surface area contributed by atoms with Gasteiger partial charge in [-0.05, 0) is 61.4 Å². The molecule has 0 aliphatic carbocycles. The first-order chi connectivity index (χ1) is 14.9. The van der Waals surface area contributed by atoms with Crippen LogP contribution in [0.1, 0.15) is 34.0 Å². The zero-order valence-corrected chi connectivity index (χ0v) is 17.3. The lowest BCUT2D eigenvalue weighted by Crippen LogP contribution is -2.13. The van der Waals surface area contributed by atoms with Gasteiger partial charge in [0.25, 0.3) is 11.6 Å². The van der Waals surface area contributed by atoms with Crippen LogP contribution >= 0.6 is 0 Å². The fourth-order valence-electron chi connectivity index (χ4n) is 3.49. The number of carbonyl (C=O) groups is 1. The second-order valence-corrected chi connectivity index (χ2v) is 7.62. The SMILES string of the molecule is Cc1ccc(C(=O)Nc2ccc(OCc3ccc4c(c3)C[C@H](C)O4)cc2[N+](=O)[O-])cc1. The van der Waals surface area contributed by atoms with E-state index in [0.717, 1.165) is 28.9 Å². The van der Waals surface area contributed by atoms with Crippen molar-refractivity contribution in [1.29, 1.82) is 0 Å². The van der Waals surface area contributed by atoms with Crippen LogP contribution in [0.3, 0.4) is 0 Å². The summed E-state index contributed by atoms with van der Waals surface area (Å²) >= 11 is 0. The summed E-state index contributed by atoms with van der Waals surface area (Å²) in [5.74, 6) is 0.831. The minimum Gasteiger partial charge on any atom is -0.490 e. The van der Waals surface area contributed by atoms with E-state index in [2.05, 4.69) is 5.32 Å². The predicted molar refractivity (Wildman–Crippen MR) is 117 cm³/mol. The van der Waals surface area contributed by atoms with Gasteiger partial charge in [-0.3, -0.25) is 14.9 Å². The molecule has 7 heteroatoms. The molecule has 0 radical (unpaired) electrons. The van der Waals surface area contributed by atoms with E-state index < -0.39 is 10.8 Å². The van der Waals surface area contributed by atoms with Gasteiger partial charge in [0.2, 0.25) is 0 Å². The van der Waals surface area contributed by atoms with Gasteiger partial charge >= 0.3 is 0 Å². The first-order valence-electron chi connectivity index (χ1n) is 9.97. The summed E-state index contributed by atoms with van der Waals surface area (Å²) in [5.41, 5.74) is 3.43. The largest absolute Gasteiger partial charge is 0.490 e. The number of amides is 1. The third-order valence-electron chi connectivity index (χ3n) is 5.09. The van der Waals surface area contributed by atoms with Gasteiger partial charge in [0.15, 0.2) is 0 Å². The van der Waals surface area contributed by atoms with Gasteiger partial charge in [0.1, 0.15) is 29.9 Å². The Kier molecular flexibility index (Phi) is 5.58. The quantitative estimate of drug-likeness (QED) is 0.446. The summed E-state index contributed by atoms with van der Waals surface area (Å²) in [6.07, 6.45) is 1.01. The molecule has 0 unspecified atom stereocenters. The predicted octanol–water partition coefficient (Wildman–Crippen LogP) is 5.06. The lowest BCUT2D eigenvalue weighted by Gasteiger charge is -2.10. The Morgan fingerprint density at radius 3 is 2.68 bits per heavy atom. The van der Waals surface area contributed by atoms with Crippen molar-refractivity contribution in [3.63, 3.8) is 0 Å². The highest BCUT2D eigenvalue weighted by Crippen LogP contribution is 2.32. The summed E-state index contributed by atoms with van der Waals surface area (Å²) in [7, 11) is 0. The third kappa shape index (κ3) is 4.66. The zero-order valence-electron chi connectivity index (χ0n) is 17.3. The van der Waals surface area contributed by atoms with Crippen LogP contribution in [0.4, 0.5) is 11.4 Å². The van der Waals surface area contributed by atoms with E-state index in [9.17, 15) is 14.9 Å². The van der Waals surface area contributed by atoms with Crippen LogP contribution in [0.25, 0.3) is 0 Å². The summed E-state index contributed by atoms with van der Waals surface area (Å²) in [6.45, 7) is 4.21. The number of nitro groups is 1. The van der Waals surface area contributed by atoms with Crippen molar-refractivity contribution in [1.82, 2.24) is 0 Å². The number of hydrogen-bond acceptors (Lipinski definition) is 5. The molecule has 31 heavy (non-hydrogen) atoms. The van der Waals surface area contributed by atoms with Crippen LogP contribution in [0, 0.1) is 17.0 Å². The minimum absolute atomic E-state index is 0.117. The molecule has 4 rings (SSSR count). The topological polar surface area (TPSA) is 90.7 Å². The fraction of sp³-hybridized carbons (Fsp3) is 0.208. The van der Waals surface area contributed by atoms with Crippen molar-refractivity contribution in [3.05, 3.63) is 93.0 Å². The fourth-order valence-corrected chi connectivity index (χ4v) is 3.49. The van der Waals surface area contributed by atoms with Gasteiger partial charge in [-0.25, -0.2) is 0 Å². The van der Waals surface area contributed by atoms with Gasteiger partial charge in [-0.15, -0.1) is 0 Å². The first kappa shape index (κ1) is 20.4. The molecule has 1 N–H and O–H groups in total. The van der Waals surface area contributed by atoms with E-state index in [1.807, 2.05) is 44.2 Å². The highest BCUT2D eigenvalue weighted by atomic mass is 16.6. The normalized spacial score (nSPS) is 14.5. The molecule has 158 valence electrons. The van der Waals surface area contributed by atoms with Gasteiger partial charge < -0.3 is 14.8 Å². The number of fused-ring (bicyclic) bond motifs is 1. The molecular weight excluding hydrogens is 396 g/mol. The summed E-state index contributed by atoms with van der Waals surface area (Å²) in [6, 6.07) is 17.3. The number of hydrogen-bond donors (Lipinski definition) is 1. The summed E-state index contributed by atoms with van der Waals surface area (Å²) in [4.78, 5) is 23.5. The van der Waals surface area contributed by atoms with Gasteiger partial charge in [-0.1, -0.05) is 23.8 Å². The van der Waals surface area contributed by atoms with Gasteiger partial charge in [0, 0.05) is 12.0 Å². The molecule has 3 aromatic carbocycles. The van der Waals surface area contributed by atoms with Crippen LogP contribution in [-0.2, 0) is 13.0 Å². The Balaban J connectivity index is 1.47. The lowest BCUT2D eigenvalue weighted by molar-refractivity contribution is -0.384. The van der Waals surface area contributed by atoms with Crippen molar-refractivity contribution < 1.29 is 19.2 Å².